The summed E-state index contributed by atoms with van der Waals surface area (Å²) in [6.07, 6.45) is 1.04. The van der Waals surface area contributed by atoms with Crippen molar-refractivity contribution in [3.63, 3.8) is 0 Å². The lowest BCUT2D eigenvalue weighted by atomic mass is 10.0. The second-order valence-corrected chi connectivity index (χ2v) is 8.48. The van der Waals surface area contributed by atoms with Gasteiger partial charge in [-0.15, -0.1) is 0 Å². The molecule has 2 heterocycles. The van der Waals surface area contributed by atoms with E-state index in [0.717, 1.165) is 32.8 Å². The average molecular weight is 433 g/mol. The third-order valence-corrected chi connectivity index (χ3v) is 6.39. The lowest BCUT2D eigenvalue weighted by Crippen LogP contribution is -1.90. The molecule has 0 amide bonds. The highest BCUT2D eigenvalue weighted by Gasteiger charge is 2.19. The molecule has 3 aromatic carbocycles. The first-order valence-electron chi connectivity index (χ1n) is 9.00. The van der Waals surface area contributed by atoms with E-state index in [9.17, 15) is 0 Å². The van der Waals surface area contributed by atoms with Crippen LogP contribution in [0.4, 0.5) is 0 Å². The predicted molar refractivity (Wildman–Crippen MR) is 119 cm³/mol. The monoisotopic (exact) mass is 432 g/mol. The van der Waals surface area contributed by atoms with Crippen molar-refractivity contribution in [1.29, 1.82) is 0 Å². The molecule has 132 valence electrons. The summed E-state index contributed by atoms with van der Waals surface area (Å²) in [7, 11) is 0. The Morgan fingerprint density at radius 2 is 1.70 bits per heavy atom. The summed E-state index contributed by atoms with van der Waals surface area (Å²) in [5, 5.41) is 0. The van der Waals surface area contributed by atoms with Crippen LogP contribution >= 0.6 is 27.3 Å². The number of imidazole rings is 1. The van der Waals surface area contributed by atoms with Crippen molar-refractivity contribution in [3.05, 3.63) is 82.8 Å². The zero-order chi connectivity index (χ0) is 18.4. The van der Waals surface area contributed by atoms with Gasteiger partial charge >= 0.3 is 0 Å². The molecular weight excluding hydrogens is 416 g/mol. The summed E-state index contributed by atoms with van der Waals surface area (Å²) >= 11 is 5.32. The molecule has 0 saturated carbocycles. The Labute approximate surface area is 170 Å². The first-order valence-corrected chi connectivity index (χ1v) is 10.6. The molecule has 0 radical (unpaired) electrons. The summed E-state index contributed by atoms with van der Waals surface area (Å²) in [4.78, 5) is 6.06. The quantitative estimate of drug-likeness (QED) is 0.294. The van der Waals surface area contributed by atoms with Crippen LogP contribution in [-0.2, 0) is 6.42 Å². The molecule has 0 aliphatic rings. The normalized spacial score (nSPS) is 11.5. The van der Waals surface area contributed by atoms with Crippen LogP contribution in [0.15, 0.2) is 77.3 Å². The Balaban J connectivity index is 1.86. The highest BCUT2D eigenvalue weighted by Crippen LogP contribution is 2.39. The zero-order valence-corrected chi connectivity index (χ0v) is 17.2. The first kappa shape index (κ1) is 16.7. The van der Waals surface area contributed by atoms with Gasteiger partial charge in [0, 0.05) is 15.6 Å². The van der Waals surface area contributed by atoms with E-state index in [1.54, 1.807) is 11.3 Å². The zero-order valence-electron chi connectivity index (χ0n) is 14.8. The Morgan fingerprint density at radius 3 is 2.44 bits per heavy atom. The van der Waals surface area contributed by atoms with E-state index in [1.807, 2.05) is 6.07 Å². The van der Waals surface area contributed by atoms with Gasteiger partial charge in [0.1, 0.15) is 0 Å². The molecular formula is C23H17BrN2S. The molecule has 0 spiro atoms. The molecule has 0 unspecified atom stereocenters. The summed E-state index contributed by atoms with van der Waals surface area (Å²) in [5.41, 5.74) is 7.08. The van der Waals surface area contributed by atoms with E-state index < -0.39 is 0 Å². The van der Waals surface area contributed by atoms with Crippen LogP contribution in [0.1, 0.15) is 12.5 Å². The fraction of sp³-hybridized carbons (Fsp3) is 0.0870. The van der Waals surface area contributed by atoms with Crippen LogP contribution in [0.3, 0.4) is 0 Å². The molecule has 0 bridgehead atoms. The van der Waals surface area contributed by atoms with Gasteiger partial charge in [0.2, 0.25) is 0 Å². The van der Waals surface area contributed by atoms with Gasteiger partial charge in [0.05, 0.1) is 21.6 Å². The highest BCUT2D eigenvalue weighted by atomic mass is 79.9. The molecule has 0 saturated heterocycles. The minimum absolute atomic E-state index is 1.02. The Kier molecular flexibility index (Phi) is 4.10. The standard InChI is InChI=1S/C23H17BrN2S/c1-2-15-8-10-17(11-9-15)22-21(16-6-4-3-5-7-16)25-23-26(22)19-13-12-18(24)14-20(19)27-23/h3-14H,2H2,1H3. The van der Waals surface area contributed by atoms with Gasteiger partial charge < -0.3 is 0 Å². The largest absolute Gasteiger partial charge is 0.282 e. The number of nitrogens with zero attached hydrogens (tertiary/aromatic N) is 2. The first-order chi connectivity index (χ1) is 13.2. The molecule has 0 aliphatic carbocycles. The topological polar surface area (TPSA) is 17.3 Å². The molecule has 27 heavy (non-hydrogen) atoms. The van der Waals surface area contributed by atoms with Gasteiger partial charge in [0.15, 0.2) is 4.96 Å². The summed E-state index contributed by atoms with van der Waals surface area (Å²) < 4.78 is 4.63. The maximum atomic E-state index is 5.03. The number of thiazole rings is 1. The van der Waals surface area contributed by atoms with Crippen molar-refractivity contribution in [2.75, 3.05) is 0 Å². The van der Waals surface area contributed by atoms with Crippen LogP contribution in [0.25, 0.3) is 37.7 Å². The lowest BCUT2D eigenvalue weighted by molar-refractivity contribution is 1.14. The van der Waals surface area contributed by atoms with Crippen molar-refractivity contribution < 1.29 is 0 Å². The number of rotatable bonds is 3. The van der Waals surface area contributed by atoms with E-state index in [4.69, 9.17) is 4.98 Å². The van der Waals surface area contributed by atoms with Crippen LogP contribution in [0.5, 0.6) is 0 Å². The van der Waals surface area contributed by atoms with Crippen molar-refractivity contribution in [2.24, 2.45) is 0 Å². The summed E-state index contributed by atoms with van der Waals surface area (Å²) in [6.45, 7) is 2.19. The molecule has 2 nitrogen and oxygen atoms in total. The number of aromatic nitrogens is 2. The van der Waals surface area contributed by atoms with E-state index in [1.165, 1.54) is 21.3 Å². The van der Waals surface area contributed by atoms with Crippen LogP contribution in [0, 0.1) is 0 Å². The number of fused-ring (bicyclic) bond motifs is 3. The molecule has 5 aromatic rings. The number of aryl methyl sites for hydroxylation is 1. The highest BCUT2D eigenvalue weighted by molar-refractivity contribution is 9.10. The predicted octanol–water partition coefficient (Wildman–Crippen LogP) is 7.21. The summed E-state index contributed by atoms with van der Waals surface area (Å²) in [5.74, 6) is 0. The van der Waals surface area contributed by atoms with Crippen molar-refractivity contribution in [2.45, 2.75) is 13.3 Å². The minimum Gasteiger partial charge on any atom is -0.282 e. The number of halogens is 1. The molecule has 2 aromatic heterocycles. The smallest absolute Gasteiger partial charge is 0.195 e. The molecule has 0 aliphatic heterocycles. The average Bonchev–Trinajstić information content (AvgIpc) is 3.24. The van der Waals surface area contributed by atoms with E-state index in [-0.39, 0.29) is 0 Å². The van der Waals surface area contributed by atoms with Crippen molar-refractivity contribution in [1.82, 2.24) is 9.38 Å². The Hall–Kier alpha value is -2.43. The lowest BCUT2D eigenvalue weighted by Gasteiger charge is -2.07. The van der Waals surface area contributed by atoms with E-state index >= 15 is 0 Å². The van der Waals surface area contributed by atoms with E-state index in [2.05, 4.69) is 94.0 Å². The maximum absolute atomic E-state index is 5.03. The van der Waals surface area contributed by atoms with E-state index in [0.29, 0.717) is 0 Å². The minimum atomic E-state index is 1.02. The van der Waals surface area contributed by atoms with Gasteiger partial charge in [0.25, 0.3) is 0 Å². The second kappa shape index (κ2) is 6.63. The molecule has 0 N–H and O–H groups in total. The number of benzene rings is 3. The van der Waals surface area contributed by atoms with Crippen LogP contribution < -0.4 is 0 Å². The van der Waals surface area contributed by atoms with Gasteiger partial charge in [-0.3, -0.25) is 4.40 Å². The Bertz CT molecular complexity index is 1250. The van der Waals surface area contributed by atoms with Crippen LogP contribution in [-0.4, -0.2) is 9.38 Å². The van der Waals surface area contributed by atoms with Gasteiger partial charge in [-0.1, -0.05) is 88.8 Å². The van der Waals surface area contributed by atoms with Crippen molar-refractivity contribution in [3.8, 4) is 22.5 Å². The molecule has 5 rings (SSSR count). The fourth-order valence-electron chi connectivity index (χ4n) is 3.51. The maximum Gasteiger partial charge on any atom is 0.195 e. The molecule has 0 fully saturated rings. The third-order valence-electron chi connectivity index (χ3n) is 4.89. The van der Waals surface area contributed by atoms with Crippen molar-refractivity contribution >= 4 is 42.4 Å². The Morgan fingerprint density at radius 1 is 0.926 bits per heavy atom. The second-order valence-electron chi connectivity index (χ2n) is 6.56. The van der Waals surface area contributed by atoms with Crippen LogP contribution in [0.2, 0.25) is 0 Å². The number of hydrogen-bond donors (Lipinski definition) is 0. The van der Waals surface area contributed by atoms with Gasteiger partial charge in [-0.2, -0.15) is 0 Å². The van der Waals surface area contributed by atoms with Gasteiger partial charge in [-0.05, 0) is 30.2 Å². The van der Waals surface area contributed by atoms with Gasteiger partial charge in [-0.25, -0.2) is 4.98 Å². The summed E-state index contributed by atoms with van der Waals surface area (Å²) in [6, 6.07) is 25.8. The third kappa shape index (κ3) is 2.80. The number of hydrogen-bond acceptors (Lipinski definition) is 2. The molecule has 0 atom stereocenters. The SMILES string of the molecule is CCc1ccc(-c2c(-c3ccccc3)nc3sc4cc(Br)ccc4n23)cc1. The fourth-order valence-corrected chi connectivity index (χ4v) is 5.08. The molecule has 4 heteroatoms.